The van der Waals surface area contributed by atoms with Crippen molar-refractivity contribution in [2.45, 2.75) is 6.92 Å². The van der Waals surface area contributed by atoms with Crippen LogP contribution in [0.4, 0.5) is 15.8 Å². The van der Waals surface area contributed by atoms with Crippen LogP contribution in [0, 0.1) is 11.7 Å². The van der Waals surface area contributed by atoms with Crippen LogP contribution in [-0.4, -0.2) is 37.6 Å². The Morgan fingerprint density at radius 1 is 1.50 bits per heavy atom. The molecule has 0 saturated heterocycles. The summed E-state index contributed by atoms with van der Waals surface area (Å²) in [6, 6.07) is 2.14. The lowest BCUT2D eigenvalue weighted by atomic mass is 10.1. The number of carbonyl (C=O) groups excluding carboxylic acids is 1. The number of halogens is 1. The van der Waals surface area contributed by atoms with Gasteiger partial charge in [-0.1, -0.05) is 6.92 Å². The number of hydrogen-bond donors (Lipinski definition) is 3. The Morgan fingerprint density at radius 2 is 2.10 bits per heavy atom. The fourth-order valence-corrected chi connectivity index (χ4v) is 1.89. The molecule has 0 aliphatic carbocycles. The van der Waals surface area contributed by atoms with Crippen molar-refractivity contribution in [2.75, 3.05) is 31.3 Å². The van der Waals surface area contributed by atoms with Crippen LogP contribution in [-0.2, 0) is 4.79 Å². The first-order valence-corrected chi connectivity index (χ1v) is 6.03. The molecule has 1 aromatic carbocycles. The van der Waals surface area contributed by atoms with Crippen molar-refractivity contribution < 1.29 is 19.1 Å². The van der Waals surface area contributed by atoms with Gasteiger partial charge in [0.2, 0.25) is 5.91 Å². The molecule has 20 heavy (non-hydrogen) atoms. The van der Waals surface area contributed by atoms with Gasteiger partial charge >= 0.3 is 5.97 Å². The van der Waals surface area contributed by atoms with Gasteiger partial charge < -0.3 is 21.1 Å². The van der Waals surface area contributed by atoms with Gasteiger partial charge in [0, 0.05) is 26.3 Å². The SMILES string of the molecule is CNC(=O)C(C)CN(C)c1cc(C(=O)O)c(N)cc1F. The predicted octanol–water partition coefficient (Wildman–Crippen LogP) is 0.924. The molecule has 0 aromatic heterocycles. The molecule has 0 aliphatic rings. The summed E-state index contributed by atoms with van der Waals surface area (Å²) in [6.45, 7) is 1.95. The van der Waals surface area contributed by atoms with E-state index in [1.165, 1.54) is 18.0 Å². The summed E-state index contributed by atoms with van der Waals surface area (Å²) in [5.41, 5.74) is 5.25. The number of nitrogen functional groups attached to an aromatic ring is 1. The maximum Gasteiger partial charge on any atom is 0.337 e. The van der Waals surface area contributed by atoms with Crippen molar-refractivity contribution in [3.8, 4) is 0 Å². The summed E-state index contributed by atoms with van der Waals surface area (Å²) in [6.07, 6.45) is 0. The van der Waals surface area contributed by atoms with Gasteiger partial charge in [0.25, 0.3) is 0 Å². The molecule has 1 amide bonds. The van der Waals surface area contributed by atoms with Crippen molar-refractivity contribution in [1.82, 2.24) is 5.32 Å². The molecule has 1 unspecified atom stereocenters. The van der Waals surface area contributed by atoms with Crippen LogP contribution < -0.4 is 16.0 Å². The molecule has 0 heterocycles. The Morgan fingerprint density at radius 3 is 2.60 bits per heavy atom. The molecule has 0 spiro atoms. The first-order valence-electron chi connectivity index (χ1n) is 6.03. The van der Waals surface area contributed by atoms with Crippen molar-refractivity contribution in [3.05, 3.63) is 23.5 Å². The van der Waals surface area contributed by atoms with E-state index in [0.717, 1.165) is 6.07 Å². The van der Waals surface area contributed by atoms with E-state index < -0.39 is 11.8 Å². The van der Waals surface area contributed by atoms with Crippen LogP contribution in [0.3, 0.4) is 0 Å². The Bertz CT molecular complexity index is 534. The fourth-order valence-electron chi connectivity index (χ4n) is 1.89. The fraction of sp³-hybridized carbons (Fsp3) is 0.385. The number of nitrogens with two attached hydrogens (primary N) is 1. The highest BCUT2D eigenvalue weighted by Gasteiger charge is 2.19. The van der Waals surface area contributed by atoms with Crippen LogP contribution in [0.15, 0.2) is 12.1 Å². The molecule has 1 rings (SSSR count). The second-order valence-electron chi connectivity index (χ2n) is 4.59. The second kappa shape index (κ2) is 6.23. The average molecular weight is 283 g/mol. The highest BCUT2D eigenvalue weighted by Crippen LogP contribution is 2.25. The van der Waals surface area contributed by atoms with E-state index in [1.54, 1.807) is 14.0 Å². The quantitative estimate of drug-likeness (QED) is 0.698. The number of nitrogens with one attached hydrogen (secondary N) is 1. The summed E-state index contributed by atoms with van der Waals surface area (Å²) in [7, 11) is 3.10. The van der Waals surface area contributed by atoms with Crippen molar-refractivity contribution in [2.24, 2.45) is 5.92 Å². The molecule has 0 bridgehead atoms. The van der Waals surface area contributed by atoms with Crippen LogP contribution in [0.5, 0.6) is 0 Å². The number of carboxylic acids is 1. The Labute approximate surface area is 116 Å². The highest BCUT2D eigenvalue weighted by atomic mass is 19.1. The third-order valence-corrected chi connectivity index (χ3v) is 3.00. The summed E-state index contributed by atoms with van der Waals surface area (Å²) < 4.78 is 13.9. The van der Waals surface area contributed by atoms with Crippen molar-refractivity contribution in [3.63, 3.8) is 0 Å². The summed E-state index contributed by atoms with van der Waals surface area (Å²) >= 11 is 0. The van der Waals surface area contributed by atoms with Gasteiger partial charge in [-0.3, -0.25) is 4.79 Å². The Hall–Kier alpha value is -2.31. The van der Waals surface area contributed by atoms with Crippen LogP contribution in [0.2, 0.25) is 0 Å². The number of carboxylic acid groups (broad SMARTS) is 1. The summed E-state index contributed by atoms with van der Waals surface area (Å²) in [5, 5.41) is 11.5. The Balaban J connectivity index is 3.04. The third-order valence-electron chi connectivity index (χ3n) is 3.00. The molecule has 110 valence electrons. The standard InChI is InChI=1S/C13H18FN3O3/c1-7(12(18)16-2)6-17(3)11-4-8(13(19)20)10(15)5-9(11)14/h4-5,7H,6,15H2,1-3H3,(H,16,18)(H,19,20). The molecule has 7 heteroatoms. The monoisotopic (exact) mass is 283 g/mol. The molecule has 0 aliphatic heterocycles. The van der Waals surface area contributed by atoms with Gasteiger partial charge in [-0.15, -0.1) is 0 Å². The van der Waals surface area contributed by atoms with Crippen LogP contribution >= 0.6 is 0 Å². The maximum atomic E-state index is 13.9. The summed E-state index contributed by atoms with van der Waals surface area (Å²) in [4.78, 5) is 23.9. The van der Waals surface area contributed by atoms with Crippen LogP contribution in [0.25, 0.3) is 0 Å². The van der Waals surface area contributed by atoms with Crippen LogP contribution in [0.1, 0.15) is 17.3 Å². The van der Waals surface area contributed by atoms with E-state index in [4.69, 9.17) is 10.8 Å². The molecular weight excluding hydrogens is 265 g/mol. The van der Waals surface area contributed by atoms with Crippen molar-refractivity contribution >= 4 is 23.3 Å². The van der Waals surface area contributed by atoms with Gasteiger partial charge in [-0.05, 0) is 12.1 Å². The molecule has 1 atom stereocenters. The number of hydrogen-bond acceptors (Lipinski definition) is 4. The molecule has 6 nitrogen and oxygen atoms in total. The van der Waals surface area contributed by atoms with E-state index in [-0.39, 0.29) is 35.3 Å². The molecule has 0 radical (unpaired) electrons. The first-order chi connectivity index (χ1) is 9.27. The highest BCUT2D eigenvalue weighted by molar-refractivity contribution is 5.95. The molecule has 0 saturated carbocycles. The zero-order chi connectivity index (χ0) is 15.4. The van der Waals surface area contributed by atoms with E-state index in [9.17, 15) is 14.0 Å². The van der Waals surface area contributed by atoms with E-state index >= 15 is 0 Å². The lowest BCUT2D eigenvalue weighted by Crippen LogP contribution is -2.34. The Kier molecular flexibility index (Phi) is 4.90. The lowest BCUT2D eigenvalue weighted by Gasteiger charge is -2.23. The van der Waals surface area contributed by atoms with E-state index in [1.807, 2.05) is 0 Å². The number of anilines is 2. The largest absolute Gasteiger partial charge is 0.478 e. The van der Waals surface area contributed by atoms with Gasteiger partial charge in [0.15, 0.2) is 0 Å². The molecular formula is C13H18FN3O3. The van der Waals surface area contributed by atoms with Gasteiger partial charge in [0.05, 0.1) is 17.2 Å². The third kappa shape index (κ3) is 3.37. The maximum absolute atomic E-state index is 13.9. The lowest BCUT2D eigenvalue weighted by molar-refractivity contribution is -0.123. The van der Waals surface area contributed by atoms with Gasteiger partial charge in [-0.25, -0.2) is 9.18 Å². The normalized spacial score (nSPS) is 11.8. The number of aromatic carboxylic acids is 1. The number of benzene rings is 1. The number of nitrogens with zero attached hydrogens (tertiary/aromatic N) is 1. The topological polar surface area (TPSA) is 95.7 Å². The number of amides is 1. The van der Waals surface area contributed by atoms with Gasteiger partial charge in [0.1, 0.15) is 5.82 Å². The van der Waals surface area contributed by atoms with E-state index in [2.05, 4.69) is 5.32 Å². The molecule has 0 fully saturated rings. The zero-order valence-corrected chi connectivity index (χ0v) is 11.6. The first kappa shape index (κ1) is 15.7. The minimum absolute atomic E-state index is 0.0901. The van der Waals surface area contributed by atoms with E-state index in [0.29, 0.717) is 0 Å². The molecule has 4 N–H and O–H groups in total. The van der Waals surface area contributed by atoms with Crippen molar-refractivity contribution in [1.29, 1.82) is 0 Å². The zero-order valence-electron chi connectivity index (χ0n) is 11.6. The minimum Gasteiger partial charge on any atom is -0.478 e. The summed E-state index contributed by atoms with van der Waals surface area (Å²) in [5.74, 6) is -2.39. The number of rotatable bonds is 5. The smallest absolute Gasteiger partial charge is 0.337 e. The van der Waals surface area contributed by atoms with Gasteiger partial charge in [-0.2, -0.15) is 0 Å². The number of carbonyl (C=O) groups is 2. The average Bonchev–Trinajstić information content (AvgIpc) is 2.36. The predicted molar refractivity (Wildman–Crippen MR) is 74.3 cm³/mol. The minimum atomic E-state index is -1.23. The second-order valence-corrected chi connectivity index (χ2v) is 4.59. The molecule has 1 aromatic rings.